The van der Waals surface area contributed by atoms with E-state index in [2.05, 4.69) is 40.1 Å². The molecule has 5 nitrogen and oxygen atoms in total. The molecule has 6 heteroatoms. The number of aliphatic imine (C=N–C) groups is 1. The molecule has 2 rings (SSSR count). The van der Waals surface area contributed by atoms with Gasteiger partial charge in [-0.05, 0) is 30.9 Å². The number of hydrogen-bond donors (Lipinski definition) is 2. The molecule has 0 atom stereocenters. The summed E-state index contributed by atoms with van der Waals surface area (Å²) in [5, 5.41) is 8.72. The lowest BCUT2D eigenvalue weighted by Gasteiger charge is -2.11. The largest absolute Gasteiger partial charge is 0.496 e. The number of nitrogens with one attached hydrogen (secondary N) is 2. The van der Waals surface area contributed by atoms with E-state index < -0.39 is 0 Å². The summed E-state index contributed by atoms with van der Waals surface area (Å²) in [6.07, 6.45) is 1.01. The molecule has 136 valence electrons. The molecule has 1 aromatic carbocycles. The van der Waals surface area contributed by atoms with Crippen LogP contribution in [0.4, 0.5) is 0 Å². The van der Waals surface area contributed by atoms with Gasteiger partial charge in [-0.3, -0.25) is 4.99 Å². The highest BCUT2D eigenvalue weighted by atomic mass is 32.1. The van der Waals surface area contributed by atoms with Crippen molar-refractivity contribution < 1.29 is 9.47 Å². The van der Waals surface area contributed by atoms with E-state index >= 15 is 0 Å². The molecule has 2 N–H and O–H groups in total. The molecule has 0 spiro atoms. The maximum atomic E-state index is 5.71. The van der Waals surface area contributed by atoms with Crippen molar-refractivity contribution in [2.45, 2.75) is 20.0 Å². The Balaban J connectivity index is 1.69. The van der Waals surface area contributed by atoms with Crippen molar-refractivity contribution in [1.29, 1.82) is 0 Å². The first kappa shape index (κ1) is 19.3. The van der Waals surface area contributed by atoms with E-state index in [-0.39, 0.29) is 0 Å². The number of ether oxygens (including phenoxy) is 2. The van der Waals surface area contributed by atoms with Crippen LogP contribution < -0.4 is 15.4 Å². The topological polar surface area (TPSA) is 54.9 Å². The normalized spacial score (nSPS) is 11.4. The third kappa shape index (κ3) is 7.15. The molecule has 0 aliphatic rings. The van der Waals surface area contributed by atoms with Crippen LogP contribution in [-0.4, -0.2) is 39.3 Å². The van der Waals surface area contributed by atoms with Gasteiger partial charge in [-0.25, -0.2) is 0 Å². The number of benzene rings is 1. The van der Waals surface area contributed by atoms with Gasteiger partial charge in [0.1, 0.15) is 5.75 Å². The van der Waals surface area contributed by atoms with Crippen molar-refractivity contribution >= 4 is 17.3 Å². The van der Waals surface area contributed by atoms with Gasteiger partial charge in [0.2, 0.25) is 0 Å². The summed E-state index contributed by atoms with van der Waals surface area (Å²) in [6, 6.07) is 12.1. The molecular formula is C19H27N3O2S. The Hall–Kier alpha value is -2.05. The first-order valence-electron chi connectivity index (χ1n) is 8.57. The van der Waals surface area contributed by atoms with Gasteiger partial charge in [0.05, 0.1) is 26.9 Å². The summed E-state index contributed by atoms with van der Waals surface area (Å²) in [5.74, 6) is 1.69. The summed E-state index contributed by atoms with van der Waals surface area (Å²) in [5.41, 5.74) is 1.05. The van der Waals surface area contributed by atoms with Gasteiger partial charge in [-0.1, -0.05) is 24.3 Å². The summed E-state index contributed by atoms with van der Waals surface area (Å²) in [6.45, 7) is 5.49. The fourth-order valence-electron chi connectivity index (χ4n) is 2.33. The van der Waals surface area contributed by atoms with Crippen molar-refractivity contribution in [3.63, 3.8) is 0 Å². The minimum atomic E-state index is 0.530. The molecule has 0 radical (unpaired) electrons. The average Bonchev–Trinajstić information content (AvgIpc) is 3.15. The maximum absolute atomic E-state index is 5.71. The molecular weight excluding hydrogens is 334 g/mol. The van der Waals surface area contributed by atoms with Crippen LogP contribution in [0.1, 0.15) is 17.4 Å². The third-order valence-corrected chi connectivity index (χ3v) is 4.48. The SMILES string of the molecule is CCNC(=NCCOCc1ccccc1OC)NCCc1cccs1. The van der Waals surface area contributed by atoms with Crippen LogP contribution in [0.15, 0.2) is 46.8 Å². The van der Waals surface area contributed by atoms with Crippen LogP contribution in [0.5, 0.6) is 5.75 Å². The van der Waals surface area contributed by atoms with Crippen LogP contribution in [0.25, 0.3) is 0 Å². The van der Waals surface area contributed by atoms with Crippen molar-refractivity contribution in [2.75, 3.05) is 33.4 Å². The minimum absolute atomic E-state index is 0.530. The second-order valence-electron chi connectivity index (χ2n) is 5.38. The second kappa shape index (κ2) is 11.5. The zero-order valence-corrected chi connectivity index (χ0v) is 15.8. The fraction of sp³-hybridized carbons (Fsp3) is 0.421. The summed E-state index contributed by atoms with van der Waals surface area (Å²) in [4.78, 5) is 5.93. The molecule has 2 aromatic rings. The molecule has 0 saturated heterocycles. The summed E-state index contributed by atoms with van der Waals surface area (Å²) in [7, 11) is 1.67. The average molecular weight is 362 g/mol. The van der Waals surface area contributed by atoms with Crippen LogP contribution in [-0.2, 0) is 17.8 Å². The minimum Gasteiger partial charge on any atom is -0.496 e. The summed E-state index contributed by atoms with van der Waals surface area (Å²) < 4.78 is 11.0. The van der Waals surface area contributed by atoms with Crippen molar-refractivity contribution in [3.8, 4) is 5.75 Å². The number of methoxy groups -OCH3 is 1. The Morgan fingerprint density at radius 1 is 1.16 bits per heavy atom. The van der Waals surface area contributed by atoms with Crippen molar-refractivity contribution in [2.24, 2.45) is 4.99 Å². The van der Waals surface area contributed by atoms with Gasteiger partial charge in [0, 0.05) is 23.5 Å². The molecule has 0 aliphatic heterocycles. The molecule has 1 aromatic heterocycles. The van der Waals surface area contributed by atoms with E-state index in [9.17, 15) is 0 Å². The first-order valence-corrected chi connectivity index (χ1v) is 9.45. The number of rotatable bonds is 10. The molecule has 0 aliphatic carbocycles. The van der Waals surface area contributed by atoms with E-state index in [4.69, 9.17) is 9.47 Å². The Morgan fingerprint density at radius 2 is 2.04 bits per heavy atom. The maximum Gasteiger partial charge on any atom is 0.191 e. The van der Waals surface area contributed by atoms with Crippen molar-refractivity contribution in [3.05, 3.63) is 52.2 Å². The highest BCUT2D eigenvalue weighted by molar-refractivity contribution is 7.09. The van der Waals surface area contributed by atoms with Crippen LogP contribution in [0.2, 0.25) is 0 Å². The Morgan fingerprint density at radius 3 is 2.80 bits per heavy atom. The second-order valence-corrected chi connectivity index (χ2v) is 6.41. The summed E-state index contributed by atoms with van der Waals surface area (Å²) >= 11 is 1.78. The molecule has 0 bridgehead atoms. The predicted molar refractivity (Wildman–Crippen MR) is 105 cm³/mol. The van der Waals surface area contributed by atoms with Gasteiger partial charge in [-0.2, -0.15) is 0 Å². The van der Waals surface area contributed by atoms with Crippen molar-refractivity contribution in [1.82, 2.24) is 10.6 Å². The van der Waals surface area contributed by atoms with Crippen LogP contribution >= 0.6 is 11.3 Å². The number of hydrogen-bond acceptors (Lipinski definition) is 4. The molecule has 25 heavy (non-hydrogen) atoms. The lowest BCUT2D eigenvalue weighted by Crippen LogP contribution is -2.38. The number of para-hydroxylation sites is 1. The Bertz CT molecular complexity index is 629. The molecule has 0 amide bonds. The number of nitrogens with zero attached hydrogens (tertiary/aromatic N) is 1. The Labute approximate surface area is 154 Å². The quantitative estimate of drug-likeness (QED) is 0.388. The van der Waals surface area contributed by atoms with Gasteiger partial charge in [-0.15, -0.1) is 11.3 Å². The van der Waals surface area contributed by atoms with E-state index in [1.54, 1.807) is 18.4 Å². The Kier molecular flexibility index (Phi) is 8.86. The number of thiophene rings is 1. The zero-order valence-electron chi connectivity index (χ0n) is 15.0. The molecule has 0 fully saturated rings. The fourth-order valence-corrected chi connectivity index (χ4v) is 3.04. The number of guanidine groups is 1. The van der Waals surface area contributed by atoms with Gasteiger partial charge in [0.25, 0.3) is 0 Å². The van der Waals surface area contributed by atoms with Crippen LogP contribution in [0, 0.1) is 0 Å². The van der Waals surface area contributed by atoms with E-state index in [1.165, 1.54) is 4.88 Å². The predicted octanol–water partition coefficient (Wildman–Crippen LogP) is 3.07. The van der Waals surface area contributed by atoms with Gasteiger partial charge in [0.15, 0.2) is 5.96 Å². The van der Waals surface area contributed by atoms with E-state index in [0.29, 0.717) is 19.8 Å². The van der Waals surface area contributed by atoms with Gasteiger partial charge >= 0.3 is 0 Å². The van der Waals surface area contributed by atoms with Gasteiger partial charge < -0.3 is 20.1 Å². The van der Waals surface area contributed by atoms with E-state index in [0.717, 1.165) is 36.8 Å². The highest BCUT2D eigenvalue weighted by Crippen LogP contribution is 2.17. The molecule has 1 heterocycles. The highest BCUT2D eigenvalue weighted by Gasteiger charge is 2.02. The van der Waals surface area contributed by atoms with E-state index in [1.807, 2.05) is 24.3 Å². The zero-order chi connectivity index (χ0) is 17.7. The first-order chi connectivity index (χ1) is 12.3. The molecule has 0 unspecified atom stereocenters. The third-order valence-electron chi connectivity index (χ3n) is 3.54. The smallest absolute Gasteiger partial charge is 0.191 e. The standard InChI is InChI=1S/C19H27N3O2S/c1-3-20-19(21-11-10-17-8-6-14-25-17)22-12-13-24-15-16-7-4-5-9-18(16)23-2/h4-9,14H,3,10-13,15H2,1-2H3,(H2,20,21,22). The lowest BCUT2D eigenvalue weighted by atomic mass is 10.2. The molecule has 0 saturated carbocycles. The lowest BCUT2D eigenvalue weighted by molar-refractivity contribution is 0.126. The van der Waals surface area contributed by atoms with Crippen LogP contribution in [0.3, 0.4) is 0 Å². The monoisotopic (exact) mass is 361 g/mol.